The van der Waals surface area contributed by atoms with Crippen LogP contribution in [0.2, 0.25) is 5.02 Å². The molecule has 192 valence electrons. The van der Waals surface area contributed by atoms with Gasteiger partial charge in [-0.3, -0.25) is 13.9 Å². The molecule has 1 unspecified atom stereocenters. The summed E-state index contributed by atoms with van der Waals surface area (Å²) in [6.45, 7) is 1.39. The lowest BCUT2D eigenvalue weighted by Gasteiger charge is -2.31. The first-order valence-electron chi connectivity index (χ1n) is 11.9. The van der Waals surface area contributed by atoms with E-state index in [1.54, 1.807) is 60.7 Å². The number of sulfonamides is 1. The fourth-order valence-electron chi connectivity index (χ4n) is 4.48. The standard InChI is InChI=1S/C29H24ClN3O4S/c1-19(20-9-3-2-4-10-20)31-29(35)23-12-5-7-13-25(23)32-28(34)18-33-26-16-15-21(30)17-24(26)22-11-6-8-14-27(22)38(33,36)37/h2-17,19H,18H2,1H3,(H,31,35)(H,32,34). The summed E-state index contributed by atoms with van der Waals surface area (Å²) < 4.78 is 28.1. The van der Waals surface area contributed by atoms with Crippen LogP contribution < -0.4 is 14.9 Å². The number of halogens is 1. The zero-order chi connectivity index (χ0) is 26.9. The molecule has 38 heavy (non-hydrogen) atoms. The van der Waals surface area contributed by atoms with Gasteiger partial charge in [-0.15, -0.1) is 0 Å². The van der Waals surface area contributed by atoms with Crippen molar-refractivity contribution in [2.75, 3.05) is 16.2 Å². The molecule has 1 heterocycles. The largest absolute Gasteiger partial charge is 0.345 e. The van der Waals surface area contributed by atoms with Crippen molar-refractivity contribution in [1.82, 2.24) is 5.32 Å². The SMILES string of the molecule is CC(NC(=O)c1ccccc1NC(=O)CN1c2ccc(Cl)cc2-c2ccccc2S1(=O)=O)c1ccccc1. The molecule has 0 fully saturated rings. The van der Waals surface area contributed by atoms with Gasteiger partial charge in [0.25, 0.3) is 15.9 Å². The van der Waals surface area contributed by atoms with Gasteiger partial charge < -0.3 is 10.6 Å². The Balaban J connectivity index is 1.39. The molecule has 0 aromatic heterocycles. The summed E-state index contributed by atoms with van der Waals surface area (Å²) in [5.41, 5.74) is 2.98. The first-order chi connectivity index (χ1) is 18.3. The number of nitrogens with zero attached hydrogens (tertiary/aromatic N) is 1. The fraction of sp³-hybridized carbons (Fsp3) is 0.103. The minimum atomic E-state index is -4.02. The third-order valence-electron chi connectivity index (χ3n) is 6.35. The highest BCUT2D eigenvalue weighted by atomic mass is 35.5. The lowest BCUT2D eigenvalue weighted by molar-refractivity contribution is -0.114. The van der Waals surface area contributed by atoms with E-state index in [9.17, 15) is 18.0 Å². The number of amides is 2. The van der Waals surface area contributed by atoms with Crippen LogP contribution in [-0.4, -0.2) is 26.8 Å². The highest BCUT2D eigenvalue weighted by Crippen LogP contribution is 2.43. The van der Waals surface area contributed by atoms with E-state index in [2.05, 4.69) is 10.6 Å². The van der Waals surface area contributed by atoms with Crippen molar-refractivity contribution in [3.8, 4) is 11.1 Å². The molecule has 1 aliphatic heterocycles. The van der Waals surface area contributed by atoms with E-state index in [4.69, 9.17) is 11.6 Å². The first kappa shape index (κ1) is 25.5. The van der Waals surface area contributed by atoms with Gasteiger partial charge in [-0.05, 0) is 48.9 Å². The number of carbonyl (C=O) groups excluding carboxylic acids is 2. The van der Waals surface area contributed by atoms with Crippen molar-refractivity contribution < 1.29 is 18.0 Å². The molecule has 4 aromatic carbocycles. The molecule has 0 saturated carbocycles. The first-order valence-corrected chi connectivity index (χ1v) is 13.7. The maximum atomic E-state index is 13.5. The molecule has 7 nitrogen and oxygen atoms in total. The Morgan fingerprint density at radius 1 is 0.868 bits per heavy atom. The van der Waals surface area contributed by atoms with Gasteiger partial charge in [0.15, 0.2) is 0 Å². The summed E-state index contributed by atoms with van der Waals surface area (Å²) >= 11 is 6.21. The predicted molar refractivity (Wildman–Crippen MR) is 149 cm³/mol. The number of benzene rings is 4. The number of nitrogens with one attached hydrogen (secondary N) is 2. The molecule has 0 aliphatic carbocycles. The van der Waals surface area contributed by atoms with Crippen molar-refractivity contribution in [2.45, 2.75) is 17.9 Å². The van der Waals surface area contributed by atoms with E-state index in [-0.39, 0.29) is 28.1 Å². The van der Waals surface area contributed by atoms with Crippen LogP contribution in [0.4, 0.5) is 11.4 Å². The van der Waals surface area contributed by atoms with Gasteiger partial charge in [-0.1, -0.05) is 72.3 Å². The van der Waals surface area contributed by atoms with E-state index in [1.165, 1.54) is 6.07 Å². The number of fused-ring (bicyclic) bond motifs is 3. The summed E-state index contributed by atoms with van der Waals surface area (Å²) in [6.07, 6.45) is 0. The Morgan fingerprint density at radius 3 is 2.34 bits per heavy atom. The Kier molecular flexibility index (Phi) is 6.93. The number of anilines is 2. The van der Waals surface area contributed by atoms with Gasteiger partial charge in [0.2, 0.25) is 5.91 Å². The molecule has 1 atom stereocenters. The topological polar surface area (TPSA) is 95.6 Å². The van der Waals surface area contributed by atoms with Crippen LogP contribution in [0.5, 0.6) is 0 Å². The third kappa shape index (κ3) is 4.88. The van der Waals surface area contributed by atoms with Gasteiger partial charge in [-0.25, -0.2) is 8.42 Å². The Hall–Kier alpha value is -4.14. The molecule has 2 N–H and O–H groups in total. The number of carbonyl (C=O) groups is 2. The van der Waals surface area contributed by atoms with Gasteiger partial charge in [0.05, 0.1) is 27.9 Å². The van der Waals surface area contributed by atoms with E-state index < -0.39 is 22.5 Å². The summed E-state index contributed by atoms with van der Waals surface area (Å²) in [5.74, 6) is -0.957. The highest BCUT2D eigenvalue weighted by Gasteiger charge is 2.36. The predicted octanol–water partition coefficient (Wildman–Crippen LogP) is 5.65. The summed E-state index contributed by atoms with van der Waals surface area (Å²) in [5, 5.41) is 6.12. The minimum absolute atomic E-state index is 0.0947. The minimum Gasteiger partial charge on any atom is -0.345 e. The molecular weight excluding hydrogens is 522 g/mol. The number of rotatable bonds is 6. The van der Waals surface area contributed by atoms with E-state index in [0.717, 1.165) is 9.87 Å². The lowest BCUT2D eigenvalue weighted by atomic mass is 10.0. The normalized spacial score (nSPS) is 14.1. The van der Waals surface area contributed by atoms with Gasteiger partial charge >= 0.3 is 0 Å². The van der Waals surface area contributed by atoms with Crippen LogP contribution in [0.25, 0.3) is 11.1 Å². The van der Waals surface area contributed by atoms with E-state index >= 15 is 0 Å². The van der Waals surface area contributed by atoms with Crippen LogP contribution in [0, 0.1) is 0 Å². The second-order valence-corrected chi connectivity index (χ2v) is 11.1. The zero-order valence-corrected chi connectivity index (χ0v) is 22.0. The second-order valence-electron chi connectivity index (χ2n) is 8.87. The number of hydrogen-bond acceptors (Lipinski definition) is 4. The maximum Gasteiger partial charge on any atom is 0.265 e. The van der Waals surface area contributed by atoms with Crippen molar-refractivity contribution in [1.29, 1.82) is 0 Å². The maximum absolute atomic E-state index is 13.5. The summed E-state index contributed by atoms with van der Waals surface area (Å²) in [7, 11) is -4.02. The molecule has 0 bridgehead atoms. The second kappa shape index (κ2) is 10.3. The smallest absolute Gasteiger partial charge is 0.265 e. The average Bonchev–Trinajstić information content (AvgIpc) is 2.92. The molecule has 4 aromatic rings. The number of hydrogen-bond donors (Lipinski definition) is 2. The average molecular weight is 546 g/mol. The molecule has 9 heteroatoms. The van der Waals surface area contributed by atoms with Crippen molar-refractivity contribution in [3.05, 3.63) is 113 Å². The van der Waals surface area contributed by atoms with E-state index in [0.29, 0.717) is 21.8 Å². The van der Waals surface area contributed by atoms with Gasteiger partial charge in [-0.2, -0.15) is 0 Å². The highest BCUT2D eigenvalue weighted by molar-refractivity contribution is 7.93. The van der Waals surface area contributed by atoms with Crippen LogP contribution in [0.15, 0.2) is 102 Å². The fourth-order valence-corrected chi connectivity index (χ4v) is 6.30. The quantitative estimate of drug-likeness (QED) is 0.327. The van der Waals surface area contributed by atoms with Crippen molar-refractivity contribution in [2.24, 2.45) is 0 Å². The van der Waals surface area contributed by atoms with Crippen LogP contribution in [0.1, 0.15) is 28.9 Å². The van der Waals surface area contributed by atoms with E-state index in [1.807, 2.05) is 37.3 Å². The molecule has 0 radical (unpaired) electrons. The monoisotopic (exact) mass is 545 g/mol. The van der Waals surface area contributed by atoms with Crippen LogP contribution in [0.3, 0.4) is 0 Å². The van der Waals surface area contributed by atoms with Gasteiger partial charge in [0, 0.05) is 16.1 Å². The number of para-hydroxylation sites is 1. The zero-order valence-electron chi connectivity index (χ0n) is 20.4. The summed E-state index contributed by atoms with van der Waals surface area (Å²) in [6, 6.07) is 27.3. The van der Waals surface area contributed by atoms with Crippen molar-refractivity contribution >= 4 is 44.8 Å². The Labute approximate surface area is 226 Å². The molecule has 5 rings (SSSR count). The molecule has 0 spiro atoms. The Morgan fingerprint density at radius 2 is 1.55 bits per heavy atom. The molecule has 0 saturated heterocycles. The van der Waals surface area contributed by atoms with Crippen LogP contribution >= 0.6 is 11.6 Å². The Bertz CT molecular complexity index is 1640. The third-order valence-corrected chi connectivity index (χ3v) is 8.41. The van der Waals surface area contributed by atoms with Crippen molar-refractivity contribution in [3.63, 3.8) is 0 Å². The van der Waals surface area contributed by atoms with Gasteiger partial charge in [0.1, 0.15) is 6.54 Å². The molecule has 1 aliphatic rings. The lowest BCUT2D eigenvalue weighted by Crippen LogP contribution is -2.40. The molecular formula is C29H24ClN3O4S. The van der Waals surface area contributed by atoms with Crippen LogP contribution in [-0.2, 0) is 14.8 Å². The summed E-state index contributed by atoms with van der Waals surface area (Å²) in [4.78, 5) is 26.4. The molecule has 2 amide bonds.